The highest BCUT2D eigenvalue weighted by Gasteiger charge is 2.40. The zero-order chi connectivity index (χ0) is 37.1. The van der Waals surface area contributed by atoms with Crippen LogP contribution in [0.2, 0.25) is 0 Å². The van der Waals surface area contributed by atoms with Crippen LogP contribution >= 0.6 is 0 Å². The topological polar surface area (TPSA) is 13.1 Å². The smallest absolute Gasteiger partial charge is 0.140 e. The summed E-state index contributed by atoms with van der Waals surface area (Å²) in [5.74, 6) is 0. The van der Waals surface area contributed by atoms with Gasteiger partial charge in [-0.1, -0.05) is 184 Å². The second-order valence-corrected chi connectivity index (χ2v) is 15.9. The number of hydrogen-bond donors (Lipinski definition) is 0. The van der Waals surface area contributed by atoms with Gasteiger partial charge in [-0.15, -0.1) is 0 Å². The molecule has 0 N–H and O–H groups in total. The first kappa shape index (κ1) is 31.4. The van der Waals surface area contributed by atoms with E-state index in [1.54, 1.807) is 0 Å². The summed E-state index contributed by atoms with van der Waals surface area (Å²) in [4.78, 5) is 0. The predicted octanol–water partition coefficient (Wildman–Crippen LogP) is 15.5. The molecule has 1 nitrogen and oxygen atoms in total. The van der Waals surface area contributed by atoms with Gasteiger partial charge in [-0.2, -0.15) is 0 Å². The molecule has 1 heterocycles. The van der Waals surface area contributed by atoms with E-state index >= 15 is 0 Å². The van der Waals surface area contributed by atoms with E-state index in [1.165, 1.54) is 104 Å². The molecule has 0 unspecified atom stereocenters. The van der Waals surface area contributed by atoms with Crippen LogP contribution in [0.1, 0.15) is 25.0 Å². The summed E-state index contributed by atoms with van der Waals surface area (Å²) >= 11 is 0. The molecule has 12 rings (SSSR count). The molecule has 11 aromatic rings. The van der Waals surface area contributed by atoms with E-state index < -0.39 is 0 Å². The van der Waals surface area contributed by atoms with Gasteiger partial charge in [0.1, 0.15) is 11.2 Å². The van der Waals surface area contributed by atoms with Crippen LogP contribution in [0, 0.1) is 0 Å². The molecule has 0 saturated carbocycles. The lowest BCUT2D eigenvalue weighted by Crippen LogP contribution is -2.15. The molecule has 1 heteroatoms. The van der Waals surface area contributed by atoms with Gasteiger partial charge in [-0.25, -0.2) is 0 Å². The molecule has 0 atom stereocenters. The van der Waals surface area contributed by atoms with Gasteiger partial charge in [0.2, 0.25) is 0 Å². The molecule has 0 fully saturated rings. The van der Waals surface area contributed by atoms with Gasteiger partial charge in [-0.05, 0) is 105 Å². The average molecular weight is 713 g/mol. The van der Waals surface area contributed by atoms with Crippen LogP contribution in [0.3, 0.4) is 0 Å². The van der Waals surface area contributed by atoms with E-state index in [2.05, 4.69) is 196 Å². The highest BCUT2D eigenvalue weighted by Crippen LogP contribution is 2.56. The summed E-state index contributed by atoms with van der Waals surface area (Å²) in [7, 11) is 0. The quantitative estimate of drug-likeness (QED) is 0.166. The lowest BCUT2D eigenvalue weighted by atomic mass is 9.80. The number of furan rings is 1. The average Bonchev–Trinajstić information content (AvgIpc) is 3.74. The van der Waals surface area contributed by atoms with Gasteiger partial charge in [0, 0.05) is 21.8 Å². The van der Waals surface area contributed by atoms with Gasteiger partial charge < -0.3 is 4.42 Å². The van der Waals surface area contributed by atoms with Crippen molar-refractivity contribution in [2.24, 2.45) is 0 Å². The Labute approximate surface area is 325 Å². The Morgan fingerprint density at radius 2 is 0.911 bits per heavy atom. The molecule has 0 spiro atoms. The highest BCUT2D eigenvalue weighted by atomic mass is 16.3. The fraction of sp³-hybridized carbons (Fsp3) is 0.0545. The van der Waals surface area contributed by atoms with Crippen LogP contribution in [-0.4, -0.2) is 0 Å². The lowest BCUT2D eigenvalue weighted by molar-refractivity contribution is 0.620. The normalized spacial score (nSPS) is 13.3. The maximum absolute atomic E-state index is 6.90. The van der Waals surface area contributed by atoms with Crippen molar-refractivity contribution in [1.82, 2.24) is 0 Å². The summed E-state index contributed by atoms with van der Waals surface area (Å²) in [5.41, 5.74) is 14.3. The van der Waals surface area contributed by atoms with E-state index in [9.17, 15) is 0 Å². The standard InChI is InChI=1S/C55H36O/c1-55(2)47-31-30-34-15-4-6-18-38(34)51(47)46-32-45(52-44-23-11-12-25-48(44)56-54(52)53(46)55)35-26-28-36(29-27-35)49-40-19-7-9-21-42(40)50(43-22-10-8-20-41(43)49)39-24-13-16-33-14-3-5-17-37(33)39/h3-32H,1-2H3. The predicted molar refractivity (Wildman–Crippen MR) is 238 cm³/mol. The van der Waals surface area contributed by atoms with Crippen LogP contribution in [0.5, 0.6) is 0 Å². The number of benzene rings is 10. The summed E-state index contributed by atoms with van der Waals surface area (Å²) in [6.45, 7) is 4.71. The zero-order valence-electron chi connectivity index (χ0n) is 31.2. The number of rotatable bonds is 3. The van der Waals surface area contributed by atoms with Gasteiger partial charge in [0.25, 0.3) is 0 Å². The third-order valence-corrected chi connectivity index (χ3v) is 12.6. The van der Waals surface area contributed by atoms with Crippen molar-refractivity contribution < 1.29 is 4.42 Å². The van der Waals surface area contributed by atoms with Crippen molar-refractivity contribution in [2.75, 3.05) is 0 Å². The minimum Gasteiger partial charge on any atom is -0.456 e. The Morgan fingerprint density at radius 3 is 1.61 bits per heavy atom. The molecule has 1 aromatic heterocycles. The lowest BCUT2D eigenvalue weighted by Gasteiger charge is -2.22. The van der Waals surface area contributed by atoms with E-state index in [0.717, 1.165) is 16.6 Å². The molecule has 1 aliphatic rings. The van der Waals surface area contributed by atoms with Crippen LogP contribution in [0.4, 0.5) is 0 Å². The first-order valence-electron chi connectivity index (χ1n) is 19.6. The van der Waals surface area contributed by atoms with Crippen molar-refractivity contribution in [3.63, 3.8) is 0 Å². The Morgan fingerprint density at radius 1 is 0.375 bits per heavy atom. The van der Waals surface area contributed by atoms with E-state index in [4.69, 9.17) is 4.42 Å². The van der Waals surface area contributed by atoms with Crippen LogP contribution in [0.25, 0.3) is 110 Å². The maximum atomic E-state index is 6.90. The highest BCUT2D eigenvalue weighted by molar-refractivity contribution is 6.24. The summed E-state index contributed by atoms with van der Waals surface area (Å²) in [5, 5.41) is 12.5. The maximum Gasteiger partial charge on any atom is 0.140 e. The van der Waals surface area contributed by atoms with Crippen molar-refractivity contribution in [3.8, 4) is 44.5 Å². The minimum atomic E-state index is -0.219. The molecule has 0 bridgehead atoms. The summed E-state index contributed by atoms with van der Waals surface area (Å²) < 4.78 is 6.90. The molecule has 0 amide bonds. The van der Waals surface area contributed by atoms with Crippen molar-refractivity contribution in [1.29, 1.82) is 0 Å². The van der Waals surface area contributed by atoms with E-state index in [1.807, 2.05) is 0 Å². The molecular formula is C55H36O. The minimum absolute atomic E-state index is 0.219. The van der Waals surface area contributed by atoms with Crippen LogP contribution in [0.15, 0.2) is 186 Å². The molecule has 56 heavy (non-hydrogen) atoms. The van der Waals surface area contributed by atoms with Gasteiger partial charge in [0.15, 0.2) is 0 Å². The number of para-hydroxylation sites is 1. The third kappa shape index (κ3) is 4.26. The molecule has 1 aliphatic carbocycles. The Balaban J connectivity index is 1.10. The molecule has 10 aromatic carbocycles. The Bertz CT molecular complexity index is 3370. The number of hydrogen-bond acceptors (Lipinski definition) is 1. The summed E-state index contributed by atoms with van der Waals surface area (Å²) in [6, 6.07) is 67.0. The Hall–Kier alpha value is -6.96. The zero-order valence-corrected chi connectivity index (χ0v) is 31.2. The monoisotopic (exact) mass is 712 g/mol. The molecule has 262 valence electrons. The molecular weight excluding hydrogens is 677 g/mol. The molecule has 0 radical (unpaired) electrons. The van der Waals surface area contributed by atoms with Crippen LogP contribution < -0.4 is 0 Å². The van der Waals surface area contributed by atoms with E-state index in [0.29, 0.717) is 0 Å². The first-order valence-corrected chi connectivity index (χ1v) is 19.6. The second-order valence-electron chi connectivity index (χ2n) is 15.9. The SMILES string of the molecule is CC1(C)c2ccc3ccccc3c2-c2cc(-c3ccc(-c4c5ccccc5c(-c5cccc6ccccc56)c5ccccc45)cc3)c3c(oc4ccccc43)c21. The van der Waals surface area contributed by atoms with E-state index in [-0.39, 0.29) is 5.41 Å². The largest absolute Gasteiger partial charge is 0.456 e. The van der Waals surface area contributed by atoms with Gasteiger partial charge in [-0.3, -0.25) is 0 Å². The van der Waals surface area contributed by atoms with Crippen molar-refractivity contribution in [2.45, 2.75) is 19.3 Å². The fourth-order valence-corrected chi connectivity index (χ4v) is 10.2. The summed E-state index contributed by atoms with van der Waals surface area (Å²) in [6.07, 6.45) is 0. The second kappa shape index (κ2) is 11.5. The van der Waals surface area contributed by atoms with Gasteiger partial charge >= 0.3 is 0 Å². The van der Waals surface area contributed by atoms with Crippen molar-refractivity contribution in [3.05, 3.63) is 193 Å². The van der Waals surface area contributed by atoms with Crippen LogP contribution in [-0.2, 0) is 5.41 Å². The first-order chi connectivity index (χ1) is 27.6. The molecule has 0 aliphatic heterocycles. The Kier molecular flexibility index (Phi) is 6.46. The number of fused-ring (bicyclic) bond motifs is 12. The molecule has 0 saturated heterocycles. The van der Waals surface area contributed by atoms with Crippen molar-refractivity contribution >= 4 is 65.0 Å². The van der Waals surface area contributed by atoms with Gasteiger partial charge in [0.05, 0.1) is 0 Å². The fourth-order valence-electron chi connectivity index (χ4n) is 10.2. The third-order valence-electron chi connectivity index (χ3n) is 12.6.